The van der Waals surface area contributed by atoms with E-state index in [-0.39, 0.29) is 0 Å². The van der Waals surface area contributed by atoms with Gasteiger partial charge < -0.3 is 4.90 Å². The van der Waals surface area contributed by atoms with Gasteiger partial charge in [0.1, 0.15) is 0 Å². The Labute approximate surface area is 175 Å². The molecular weight excluding hydrogens is 370 g/mol. The third-order valence-corrected chi connectivity index (χ3v) is 6.64. The molecule has 0 bridgehead atoms. The van der Waals surface area contributed by atoms with Crippen LogP contribution in [0.5, 0.6) is 0 Å². The summed E-state index contributed by atoms with van der Waals surface area (Å²) in [5.41, 5.74) is 5.29. The predicted octanol–water partition coefficient (Wildman–Crippen LogP) is 7.28. The monoisotopic (exact) mass is 393 g/mol. The van der Waals surface area contributed by atoms with E-state index < -0.39 is 0 Å². The van der Waals surface area contributed by atoms with E-state index in [1.165, 1.54) is 42.6 Å². The second-order valence-electron chi connectivity index (χ2n) is 7.61. The van der Waals surface area contributed by atoms with Gasteiger partial charge >= 0.3 is 0 Å². The van der Waals surface area contributed by atoms with Crippen LogP contribution in [0, 0.1) is 0 Å². The molecule has 0 radical (unpaired) electrons. The topological polar surface area (TPSA) is 3.24 Å². The Morgan fingerprint density at radius 2 is 1.28 bits per heavy atom. The summed E-state index contributed by atoms with van der Waals surface area (Å²) in [5.74, 6) is 0. The van der Waals surface area contributed by atoms with E-state index in [1.54, 1.807) is 0 Å². The fourth-order valence-corrected chi connectivity index (χ4v) is 5.02. The summed E-state index contributed by atoms with van der Waals surface area (Å²) in [5, 5.41) is 2.73. The number of hydrogen-bond donors (Lipinski definition) is 0. The van der Waals surface area contributed by atoms with Crippen molar-refractivity contribution in [3.8, 4) is 0 Å². The molecular formula is C27H23NS. The van der Waals surface area contributed by atoms with Gasteiger partial charge in [0.25, 0.3) is 0 Å². The third kappa shape index (κ3) is 3.76. The van der Waals surface area contributed by atoms with Gasteiger partial charge in [0.05, 0.1) is 0 Å². The van der Waals surface area contributed by atoms with Crippen molar-refractivity contribution in [1.29, 1.82) is 0 Å². The average Bonchev–Trinajstić information content (AvgIpc) is 3.13. The summed E-state index contributed by atoms with van der Waals surface area (Å²) in [6, 6.07) is 35.2. The first-order chi connectivity index (χ1) is 14.3. The summed E-state index contributed by atoms with van der Waals surface area (Å²) >= 11 is 1.87. The molecule has 0 saturated carbocycles. The fraction of sp³-hybridized carbons (Fsp3) is 0.111. The van der Waals surface area contributed by atoms with Crippen LogP contribution < -0.4 is 4.90 Å². The Morgan fingerprint density at radius 1 is 0.621 bits per heavy atom. The maximum Gasteiger partial charge on any atom is 0.0426 e. The van der Waals surface area contributed by atoms with E-state index >= 15 is 0 Å². The zero-order valence-electron chi connectivity index (χ0n) is 16.5. The largest absolute Gasteiger partial charge is 0.370 e. The Morgan fingerprint density at radius 3 is 2.10 bits per heavy atom. The van der Waals surface area contributed by atoms with Crippen LogP contribution in [0.25, 0.3) is 20.2 Å². The number of rotatable bonds is 5. The zero-order chi connectivity index (χ0) is 19.6. The molecule has 5 aromatic rings. The van der Waals surface area contributed by atoms with Gasteiger partial charge in [-0.3, -0.25) is 0 Å². The maximum atomic E-state index is 2.36. The second kappa shape index (κ2) is 7.73. The first-order valence-corrected chi connectivity index (χ1v) is 10.8. The number of anilines is 1. The molecule has 2 heteroatoms. The smallest absolute Gasteiger partial charge is 0.0426 e. The van der Waals surface area contributed by atoms with Gasteiger partial charge in [0.15, 0.2) is 0 Å². The highest BCUT2D eigenvalue weighted by Crippen LogP contribution is 2.34. The van der Waals surface area contributed by atoms with Crippen molar-refractivity contribution in [2.45, 2.75) is 13.0 Å². The molecule has 0 saturated heterocycles. The van der Waals surface area contributed by atoms with Crippen molar-refractivity contribution in [2.75, 3.05) is 11.9 Å². The van der Waals surface area contributed by atoms with Gasteiger partial charge in [-0.25, -0.2) is 0 Å². The normalized spacial score (nSPS) is 11.2. The highest BCUT2D eigenvalue weighted by Gasteiger charge is 2.08. The van der Waals surface area contributed by atoms with Gasteiger partial charge in [-0.05, 0) is 53.4 Å². The van der Waals surface area contributed by atoms with Crippen LogP contribution in [0.1, 0.15) is 16.7 Å². The lowest BCUT2D eigenvalue weighted by molar-refractivity contribution is 0.924. The molecule has 1 aromatic heterocycles. The van der Waals surface area contributed by atoms with Crippen LogP contribution in [0.4, 0.5) is 5.69 Å². The summed E-state index contributed by atoms with van der Waals surface area (Å²) < 4.78 is 2.73. The van der Waals surface area contributed by atoms with E-state index in [0.29, 0.717) is 0 Å². The summed E-state index contributed by atoms with van der Waals surface area (Å²) in [7, 11) is 2.17. The van der Waals surface area contributed by atoms with Gasteiger partial charge in [-0.15, -0.1) is 11.3 Å². The lowest BCUT2D eigenvalue weighted by Crippen LogP contribution is -2.16. The lowest BCUT2D eigenvalue weighted by atomic mass is 10.0. The molecule has 0 spiro atoms. The molecule has 142 valence electrons. The SMILES string of the molecule is CN(Cc1ccc2sc3ccccc3c2c1)c1ccc(Cc2ccccc2)cc1. The highest BCUT2D eigenvalue weighted by atomic mass is 32.1. The molecule has 0 amide bonds. The molecule has 0 aliphatic carbocycles. The first kappa shape index (κ1) is 18.0. The van der Waals surface area contributed by atoms with Gasteiger partial charge in [-0.2, -0.15) is 0 Å². The highest BCUT2D eigenvalue weighted by molar-refractivity contribution is 7.25. The van der Waals surface area contributed by atoms with Crippen LogP contribution in [-0.4, -0.2) is 7.05 Å². The fourth-order valence-electron chi connectivity index (χ4n) is 3.94. The first-order valence-electron chi connectivity index (χ1n) is 10.0. The summed E-state index contributed by atoms with van der Waals surface area (Å²) in [6.45, 7) is 0.901. The Hall–Kier alpha value is -3.10. The minimum Gasteiger partial charge on any atom is -0.370 e. The molecule has 0 aliphatic rings. The van der Waals surface area contributed by atoms with Gasteiger partial charge in [0.2, 0.25) is 0 Å². The van der Waals surface area contributed by atoms with Crippen molar-refractivity contribution in [2.24, 2.45) is 0 Å². The average molecular weight is 394 g/mol. The molecule has 0 aliphatic heterocycles. The van der Waals surface area contributed by atoms with Crippen molar-refractivity contribution in [1.82, 2.24) is 0 Å². The van der Waals surface area contributed by atoms with Crippen LogP contribution in [-0.2, 0) is 13.0 Å². The lowest BCUT2D eigenvalue weighted by Gasteiger charge is -2.20. The van der Waals surface area contributed by atoms with Gasteiger partial charge in [0, 0.05) is 39.5 Å². The number of nitrogens with zero attached hydrogens (tertiary/aromatic N) is 1. The van der Waals surface area contributed by atoms with Crippen LogP contribution in [0.3, 0.4) is 0 Å². The van der Waals surface area contributed by atoms with E-state index in [1.807, 2.05) is 11.3 Å². The number of benzene rings is 4. The van der Waals surface area contributed by atoms with E-state index in [4.69, 9.17) is 0 Å². The molecule has 0 N–H and O–H groups in total. The van der Waals surface area contributed by atoms with Crippen LogP contribution >= 0.6 is 11.3 Å². The van der Waals surface area contributed by atoms with E-state index in [2.05, 4.69) is 109 Å². The Bertz CT molecular complexity index is 1250. The molecule has 29 heavy (non-hydrogen) atoms. The van der Waals surface area contributed by atoms with E-state index in [0.717, 1.165) is 13.0 Å². The Balaban J connectivity index is 1.34. The number of fused-ring (bicyclic) bond motifs is 3. The zero-order valence-corrected chi connectivity index (χ0v) is 17.3. The van der Waals surface area contributed by atoms with Crippen molar-refractivity contribution >= 4 is 37.2 Å². The van der Waals surface area contributed by atoms with Gasteiger partial charge in [-0.1, -0.05) is 66.7 Å². The molecule has 4 aromatic carbocycles. The minimum absolute atomic E-state index is 0.901. The molecule has 0 atom stereocenters. The molecule has 1 nitrogen and oxygen atoms in total. The minimum atomic E-state index is 0.901. The molecule has 0 unspecified atom stereocenters. The Kier molecular flexibility index (Phi) is 4.79. The summed E-state index contributed by atoms with van der Waals surface area (Å²) in [6.07, 6.45) is 0.979. The third-order valence-electron chi connectivity index (χ3n) is 5.49. The van der Waals surface area contributed by atoms with Crippen LogP contribution in [0.15, 0.2) is 97.1 Å². The standard InChI is InChI=1S/C27H23NS/c1-28(23-14-11-21(12-15-23)17-20-7-3-2-4-8-20)19-22-13-16-27-25(18-22)24-9-5-6-10-26(24)29-27/h2-16,18H,17,19H2,1H3. The molecule has 1 heterocycles. The predicted molar refractivity (Wildman–Crippen MR) is 127 cm³/mol. The second-order valence-corrected chi connectivity index (χ2v) is 8.70. The number of hydrogen-bond acceptors (Lipinski definition) is 2. The summed E-state index contributed by atoms with van der Waals surface area (Å²) in [4.78, 5) is 2.32. The van der Waals surface area contributed by atoms with Crippen molar-refractivity contribution < 1.29 is 0 Å². The number of thiophene rings is 1. The molecule has 5 rings (SSSR count). The maximum absolute atomic E-state index is 2.36. The van der Waals surface area contributed by atoms with Crippen molar-refractivity contribution in [3.05, 3.63) is 114 Å². The quantitative estimate of drug-likeness (QED) is 0.303. The van der Waals surface area contributed by atoms with Crippen molar-refractivity contribution in [3.63, 3.8) is 0 Å². The molecule has 0 fully saturated rings. The van der Waals surface area contributed by atoms with Crippen LogP contribution in [0.2, 0.25) is 0 Å². The van der Waals surface area contributed by atoms with E-state index in [9.17, 15) is 0 Å².